The highest BCUT2D eigenvalue weighted by Crippen LogP contribution is 2.56. The Morgan fingerprint density at radius 2 is 1.68 bits per heavy atom. The quantitative estimate of drug-likeness (QED) is 0.208. The number of rotatable bonds is 12. The van der Waals surface area contributed by atoms with Crippen molar-refractivity contribution in [1.82, 2.24) is 9.88 Å². The highest BCUT2D eigenvalue weighted by Gasteiger charge is 2.47. The molecule has 3 aliphatic carbocycles. The van der Waals surface area contributed by atoms with E-state index < -0.39 is 49.2 Å². The van der Waals surface area contributed by atoms with E-state index in [9.17, 15) is 25.5 Å². The Morgan fingerprint density at radius 3 is 2.52 bits per heavy atom. The molecule has 5 N–H and O–H groups in total. The number of aryl methyl sites for hydroxylation is 1. The van der Waals surface area contributed by atoms with E-state index in [1.807, 2.05) is 18.3 Å². The second-order valence-corrected chi connectivity index (χ2v) is 15.6. The zero-order valence-corrected chi connectivity index (χ0v) is 29.2. The van der Waals surface area contributed by atoms with E-state index in [-0.39, 0.29) is 13.2 Å². The summed E-state index contributed by atoms with van der Waals surface area (Å²) < 4.78 is 22.7. The van der Waals surface area contributed by atoms with Gasteiger partial charge in [0.15, 0.2) is 6.29 Å². The highest BCUT2D eigenvalue weighted by atomic mass is 16.7. The van der Waals surface area contributed by atoms with Crippen molar-refractivity contribution in [2.45, 2.75) is 126 Å². The minimum atomic E-state index is -1.51. The summed E-state index contributed by atoms with van der Waals surface area (Å²) in [4.78, 5) is 6.84. The van der Waals surface area contributed by atoms with Gasteiger partial charge >= 0.3 is 0 Å². The molecule has 3 heterocycles. The number of aliphatic hydroxyl groups excluding tert-OH is 5. The summed E-state index contributed by atoms with van der Waals surface area (Å²) in [6.45, 7) is 1.69. The average Bonchev–Trinajstić information content (AvgIpc) is 3.52. The molecule has 2 aromatic rings. The number of hydrogen-bond acceptors (Lipinski definition) is 11. The Hall–Kier alpha value is -2.19. The van der Waals surface area contributed by atoms with Crippen molar-refractivity contribution in [2.75, 3.05) is 26.8 Å². The second-order valence-electron chi connectivity index (χ2n) is 15.6. The number of hydrogen-bond donors (Lipinski definition) is 5. The number of nitrogens with zero attached hydrogens (tertiary/aromatic N) is 2. The van der Waals surface area contributed by atoms with Gasteiger partial charge in [-0.3, -0.25) is 4.98 Å². The lowest BCUT2D eigenvalue weighted by molar-refractivity contribution is -0.320. The summed E-state index contributed by atoms with van der Waals surface area (Å²) in [5.74, 6) is 4.51. The van der Waals surface area contributed by atoms with Crippen LogP contribution in [0.1, 0.15) is 80.5 Å². The predicted octanol–water partition coefficient (Wildman–Crippen LogP) is 3.14. The largest absolute Gasteiger partial charge is 0.462 e. The van der Waals surface area contributed by atoms with Crippen LogP contribution in [-0.4, -0.2) is 111 Å². The lowest BCUT2D eigenvalue weighted by Crippen LogP contribution is -2.60. The van der Waals surface area contributed by atoms with Gasteiger partial charge in [0.2, 0.25) is 6.29 Å². The van der Waals surface area contributed by atoms with Crippen molar-refractivity contribution in [3.8, 4) is 5.75 Å². The molecule has 2 aliphatic heterocycles. The van der Waals surface area contributed by atoms with Gasteiger partial charge in [-0.2, -0.15) is 0 Å². The van der Waals surface area contributed by atoms with Gasteiger partial charge in [-0.05, 0) is 124 Å². The third-order valence-corrected chi connectivity index (χ3v) is 12.3. The van der Waals surface area contributed by atoms with E-state index in [2.05, 4.69) is 41.2 Å². The van der Waals surface area contributed by atoms with Crippen molar-refractivity contribution in [1.29, 1.82) is 0 Å². The van der Waals surface area contributed by atoms with Crippen LogP contribution in [0, 0.1) is 23.7 Å². The van der Waals surface area contributed by atoms with Gasteiger partial charge in [-0.1, -0.05) is 31.4 Å². The molecule has 5 aliphatic rings. The molecule has 7 rings (SSSR count). The third kappa shape index (κ3) is 8.06. The number of ether oxygens (including phenoxy) is 4. The van der Waals surface area contributed by atoms with Crippen molar-refractivity contribution < 1.29 is 44.5 Å². The Bertz CT molecular complexity index is 1380. The first kappa shape index (κ1) is 36.2. The van der Waals surface area contributed by atoms with E-state index in [0.717, 1.165) is 48.9 Å². The molecule has 2 saturated carbocycles. The molecule has 0 radical (unpaired) electrons. The maximum Gasteiger partial charge on any atom is 0.228 e. The Labute approximate surface area is 295 Å². The molecular formula is C39H56N2O9. The van der Waals surface area contributed by atoms with Gasteiger partial charge in [-0.25, -0.2) is 0 Å². The summed E-state index contributed by atoms with van der Waals surface area (Å²) in [6, 6.07) is 12.4. The van der Waals surface area contributed by atoms with Gasteiger partial charge in [0.1, 0.15) is 42.4 Å². The van der Waals surface area contributed by atoms with Crippen LogP contribution in [-0.2, 0) is 27.2 Å². The monoisotopic (exact) mass is 696 g/mol. The van der Waals surface area contributed by atoms with Crippen LogP contribution in [0.4, 0.5) is 0 Å². The lowest BCUT2D eigenvalue weighted by atomic mass is 9.61. The molecule has 4 unspecified atom stereocenters. The molecule has 11 nitrogen and oxygen atoms in total. The maximum absolute atomic E-state index is 10.8. The van der Waals surface area contributed by atoms with Crippen molar-refractivity contribution in [2.24, 2.45) is 23.7 Å². The van der Waals surface area contributed by atoms with Crippen LogP contribution in [0.2, 0.25) is 0 Å². The molecule has 4 fully saturated rings. The van der Waals surface area contributed by atoms with Gasteiger partial charge in [0, 0.05) is 12.7 Å². The fourth-order valence-electron chi connectivity index (χ4n) is 9.59. The SMILES string of the molecule is CN(CCCCC[C@H]1CCC2CC3c4ccc(O[C@@H]5OC[C@@H](O[C@@H]6OC[C@@H](O)[C@H](O)[C@H]6O)[C@H](O)[C@H]5O)cc4CCC3CC21)Cc1ccccn1. The lowest BCUT2D eigenvalue weighted by Gasteiger charge is -2.44. The summed E-state index contributed by atoms with van der Waals surface area (Å²) >= 11 is 0. The zero-order chi connectivity index (χ0) is 34.8. The van der Waals surface area contributed by atoms with Crippen LogP contribution in [0.15, 0.2) is 42.6 Å². The normalized spacial score (nSPS) is 38.3. The Balaban J connectivity index is 0.866. The molecule has 11 heteroatoms. The van der Waals surface area contributed by atoms with Crippen molar-refractivity contribution in [3.63, 3.8) is 0 Å². The minimum Gasteiger partial charge on any atom is -0.462 e. The first-order chi connectivity index (χ1) is 24.2. The zero-order valence-electron chi connectivity index (χ0n) is 29.2. The fourth-order valence-corrected chi connectivity index (χ4v) is 9.59. The van der Waals surface area contributed by atoms with E-state index in [4.69, 9.17) is 18.9 Å². The molecule has 1 aromatic heterocycles. The summed E-state index contributed by atoms with van der Waals surface area (Å²) in [7, 11) is 2.20. The Kier molecular flexibility index (Phi) is 11.7. The van der Waals surface area contributed by atoms with E-state index in [0.29, 0.717) is 11.7 Å². The average molecular weight is 697 g/mol. The first-order valence-corrected chi connectivity index (χ1v) is 18.9. The second kappa shape index (κ2) is 16.2. The summed E-state index contributed by atoms with van der Waals surface area (Å²) in [5, 5.41) is 51.4. The smallest absolute Gasteiger partial charge is 0.228 e. The maximum atomic E-state index is 10.8. The highest BCUT2D eigenvalue weighted by molar-refractivity contribution is 5.40. The van der Waals surface area contributed by atoms with E-state index >= 15 is 0 Å². The number of fused-ring (bicyclic) bond motifs is 4. The molecule has 50 heavy (non-hydrogen) atoms. The predicted molar refractivity (Wildman–Crippen MR) is 184 cm³/mol. The standard InChI is InChI=1S/C39H56N2O9/c1-41(20-27-8-4-5-15-40-27)16-6-2-3-7-23-9-10-25-19-31-26(18-30(23)25)12-11-24-17-28(13-14-29(24)31)49-38-37(46)35(44)33(22-48-38)50-39-36(45)34(43)32(42)21-47-39/h4-5,8,13-15,17,23,25-26,30-39,42-46H,2-3,6-7,9-12,16,18-22H2,1H3/t23-,25?,26?,30?,31?,32+,33+,34-,35-,36+,37+,38-,39-/m0/s1. The van der Waals surface area contributed by atoms with Gasteiger partial charge in [0.25, 0.3) is 0 Å². The molecule has 13 atom stereocenters. The van der Waals surface area contributed by atoms with Gasteiger partial charge in [-0.15, -0.1) is 0 Å². The van der Waals surface area contributed by atoms with Crippen LogP contribution in [0.3, 0.4) is 0 Å². The number of benzene rings is 1. The molecule has 0 amide bonds. The topological polar surface area (TPSA) is 154 Å². The Morgan fingerprint density at radius 1 is 0.840 bits per heavy atom. The van der Waals surface area contributed by atoms with E-state index in [1.54, 1.807) is 0 Å². The molecular weight excluding hydrogens is 640 g/mol. The van der Waals surface area contributed by atoms with Crippen molar-refractivity contribution in [3.05, 3.63) is 59.4 Å². The molecule has 0 bridgehead atoms. The van der Waals surface area contributed by atoms with Gasteiger partial charge in [0.05, 0.1) is 18.9 Å². The van der Waals surface area contributed by atoms with E-state index in [1.165, 1.54) is 68.9 Å². The number of aromatic nitrogens is 1. The summed E-state index contributed by atoms with van der Waals surface area (Å²) in [6.07, 6.45) is 4.37. The first-order valence-electron chi connectivity index (χ1n) is 18.9. The third-order valence-electron chi connectivity index (χ3n) is 12.3. The number of aliphatic hydroxyl groups is 5. The molecule has 0 spiro atoms. The minimum absolute atomic E-state index is 0.115. The van der Waals surface area contributed by atoms with Crippen molar-refractivity contribution >= 4 is 0 Å². The van der Waals surface area contributed by atoms with Crippen LogP contribution in [0.5, 0.6) is 5.75 Å². The molecule has 1 aromatic carbocycles. The van der Waals surface area contributed by atoms with Gasteiger partial charge < -0.3 is 49.4 Å². The van der Waals surface area contributed by atoms with Crippen LogP contribution in [0.25, 0.3) is 0 Å². The number of pyridine rings is 1. The molecule has 276 valence electrons. The van der Waals surface area contributed by atoms with Crippen LogP contribution >= 0.6 is 0 Å². The molecule has 2 saturated heterocycles. The fraction of sp³-hybridized carbons (Fsp3) is 0.718. The number of unbranched alkanes of at least 4 members (excludes halogenated alkanes) is 2. The van der Waals surface area contributed by atoms with Crippen LogP contribution < -0.4 is 4.74 Å². The summed E-state index contributed by atoms with van der Waals surface area (Å²) in [5.41, 5.74) is 3.89.